The summed E-state index contributed by atoms with van der Waals surface area (Å²) in [5.74, 6) is 0. The van der Waals surface area contributed by atoms with Gasteiger partial charge in [-0.2, -0.15) is 0 Å². The summed E-state index contributed by atoms with van der Waals surface area (Å²) in [4.78, 5) is 0. The zero-order valence-electron chi connectivity index (χ0n) is 3.47. The van der Waals surface area contributed by atoms with Gasteiger partial charge in [0, 0.05) is 0 Å². The third kappa shape index (κ3) is 2.20. The zero-order valence-corrected chi connectivity index (χ0v) is 7.96. The van der Waals surface area contributed by atoms with E-state index in [1.807, 2.05) is 0 Å². The van der Waals surface area contributed by atoms with Gasteiger partial charge < -0.3 is 0 Å². The normalized spacial score (nSPS) is 14.2. The summed E-state index contributed by atoms with van der Waals surface area (Å²) in [6, 6.07) is 0. The predicted octanol–water partition coefficient (Wildman–Crippen LogP) is 0.775. The van der Waals surface area contributed by atoms with Crippen molar-refractivity contribution >= 4 is 24.7 Å². The molecule has 0 heterocycles. The van der Waals surface area contributed by atoms with Crippen LogP contribution in [0, 0.1) is 0 Å². The molecule has 0 aliphatic heterocycles. The van der Waals surface area contributed by atoms with Gasteiger partial charge in [0.2, 0.25) is 0 Å². The second-order valence-corrected chi connectivity index (χ2v) is 3.94. The molecule has 0 N–H and O–H groups in total. The molecule has 0 radical (unpaired) electrons. The number of alkyl halides is 5. The molecule has 6 heteroatoms. The Morgan fingerprint density at radius 2 is 1.00 bits per heavy atom. The first-order valence-corrected chi connectivity index (χ1v) is 3.73. The van der Waals surface area contributed by atoms with Crippen LogP contribution >= 0.6 is 0 Å². The SMILES string of the molecule is FC(F)(F)[C](F)(F)[BiH2]. The summed E-state index contributed by atoms with van der Waals surface area (Å²) >= 11 is -1.37. The average Bonchev–Trinajstić information content (AvgIpc) is 1.25. The van der Waals surface area contributed by atoms with Crippen LogP contribution in [0.2, 0.25) is 0 Å². The Morgan fingerprint density at radius 3 is 1.00 bits per heavy atom. The molecule has 0 rings (SSSR count). The van der Waals surface area contributed by atoms with Crippen LogP contribution in [0.15, 0.2) is 0 Å². The zero-order chi connectivity index (χ0) is 7.00. The van der Waals surface area contributed by atoms with Crippen molar-refractivity contribution in [3.05, 3.63) is 0 Å². The molecule has 0 saturated heterocycles. The minimum absolute atomic E-state index is 1.37. The van der Waals surface area contributed by atoms with Crippen molar-refractivity contribution < 1.29 is 22.0 Å². The number of halogens is 5. The summed E-state index contributed by atoms with van der Waals surface area (Å²) in [6.07, 6.45) is -5.32. The third-order valence-electron chi connectivity index (χ3n) is 0.378. The van der Waals surface area contributed by atoms with Crippen LogP contribution in [0.25, 0.3) is 0 Å². The van der Waals surface area contributed by atoms with E-state index in [1.165, 1.54) is 0 Å². The topological polar surface area (TPSA) is 0 Å². The van der Waals surface area contributed by atoms with E-state index in [9.17, 15) is 22.0 Å². The van der Waals surface area contributed by atoms with Crippen LogP contribution < -0.4 is 0 Å². The van der Waals surface area contributed by atoms with Crippen LogP contribution in [0.4, 0.5) is 22.0 Å². The Balaban J connectivity index is 4.02. The van der Waals surface area contributed by atoms with Crippen molar-refractivity contribution in [3.63, 3.8) is 0 Å². The molecule has 0 atom stereocenters. The van der Waals surface area contributed by atoms with Crippen molar-refractivity contribution in [1.82, 2.24) is 0 Å². The van der Waals surface area contributed by atoms with Gasteiger partial charge in [-0.05, 0) is 0 Å². The molecule has 0 aromatic rings. The summed E-state index contributed by atoms with van der Waals surface area (Å²) in [5, 5.41) is 0. The van der Waals surface area contributed by atoms with E-state index < -0.39 is 34.5 Å². The van der Waals surface area contributed by atoms with Crippen LogP contribution in [0.1, 0.15) is 0 Å². The quantitative estimate of drug-likeness (QED) is 0.455. The molecule has 0 saturated carbocycles. The maximum atomic E-state index is 11.2. The average molecular weight is 330 g/mol. The molecule has 0 aliphatic carbocycles. The van der Waals surface area contributed by atoms with E-state index in [0.29, 0.717) is 0 Å². The number of hydrogen-bond donors (Lipinski definition) is 0. The number of hydrogen-bond acceptors (Lipinski definition) is 0. The molecule has 50 valence electrons. The maximum absolute atomic E-state index is 11.2. The van der Waals surface area contributed by atoms with Gasteiger partial charge in [-0.1, -0.05) is 0 Å². The van der Waals surface area contributed by atoms with Gasteiger partial charge in [-0.3, -0.25) is 0 Å². The van der Waals surface area contributed by atoms with Gasteiger partial charge in [-0.15, -0.1) is 0 Å². The monoisotopic (exact) mass is 330 g/mol. The Kier molecular flexibility index (Phi) is 2.18. The molecule has 8 heavy (non-hydrogen) atoms. The Morgan fingerprint density at radius 1 is 0.875 bits per heavy atom. The standard InChI is InChI=1S/C2F5.Bi.2H/c3-1(4)2(5,6)7;;;. The van der Waals surface area contributed by atoms with E-state index in [4.69, 9.17) is 0 Å². The molecule has 0 nitrogen and oxygen atoms in total. The van der Waals surface area contributed by atoms with E-state index in [1.54, 1.807) is 0 Å². The van der Waals surface area contributed by atoms with E-state index in [0.717, 1.165) is 0 Å². The van der Waals surface area contributed by atoms with E-state index in [2.05, 4.69) is 0 Å². The van der Waals surface area contributed by atoms with Crippen molar-refractivity contribution in [2.24, 2.45) is 0 Å². The molecule has 0 unspecified atom stereocenters. The summed E-state index contributed by atoms with van der Waals surface area (Å²) < 4.78 is 50.5. The predicted molar refractivity (Wildman–Crippen MR) is 19.5 cm³/mol. The first kappa shape index (κ1) is 8.53. The van der Waals surface area contributed by atoms with Crippen LogP contribution in [-0.2, 0) is 0 Å². The fourth-order valence-electron chi connectivity index (χ4n) is 0. The molecular formula is C2H2BiF5. The second kappa shape index (κ2) is 2.05. The van der Waals surface area contributed by atoms with E-state index in [-0.39, 0.29) is 0 Å². The van der Waals surface area contributed by atoms with E-state index >= 15 is 0 Å². The summed E-state index contributed by atoms with van der Waals surface area (Å²) in [6.45, 7) is 0. The first-order chi connectivity index (χ1) is 3.25. The fraction of sp³-hybridized carbons (Fsp3) is 1.00. The Hall–Kier alpha value is 0.533. The molecule has 0 aromatic carbocycles. The van der Waals surface area contributed by atoms with Crippen molar-refractivity contribution in [2.75, 3.05) is 0 Å². The van der Waals surface area contributed by atoms with Gasteiger partial charge in [0.25, 0.3) is 0 Å². The van der Waals surface area contributed by atoms with Crippen molar-refractivity contribution in [1.29, 1.82) is 0 Å². The van der Waals surface area contributed by atoms with Crippen molar-refractivity contribution in [3.8, 4) is 0 Å². The number of rotatable bonds is 0. The van der Waals surface area contributed by atoms with Gasteiger partial charge in [0.05, 0.1) is 0 Å². The fourth-order valence-corrected chi connectivity index (χ4v) is 0. The molecule has 0 aliphatic rings. The Bertz CT molecular complexity index is 65.4. The summed E-state index contributed by atoms with van der Waals surface area (Å²) in [7, 11) is 0. The van der Waals surface area contributed by atoms with Gasteiger partial charge in [0.15, 0.2) is 0 Å². The van der Waals surface area contributed by atoms with Crippen LogP contribution in [-0.4, -0.2) is 34.5 Å². The molecule has 0 aromatic heterocycles. The van der Waals surface area contributed by atoms with Gasteiger partial charge in [-0.25, -0.2) is 0 Å². The molecule has 0 amide bonds. The molecule has 0 fully saturated rings. The van der Waals surface area contributed by atoms with Crippen LogP contribution in [0.3, 0.4) is 0 Å². The summed E-state index contributed by atoms with van der Waals surface area (Å²) in [5.41, 5.74) is 0. The minimum atomic E-state index is -5.32. The van der Waals surface area contributed by atoms with Gasteiger partial charge >= 0.3 is 56.5 Å². The molecule has 0 spiro atoms. The second-order valence-electron chi connectivity index (χ2n) is 1.12. The molecular weight excluding hydrogens is 328 g/mol. The molecule has 0 bridgehead atoms. The third-order valence-corrected chi connectivity index (χ3v) is 1.65. The Labute approximate surface area is 56.9 Å². The van der Waals surface area contributed by atoms with Crippen molar-refractivity contribution in [2.45, 2.75) is 9.81 Å². The first-order valence-electron chi connectivity index (χ1n) is 1.48. The van der Waals surface area contributed by atoms with Crippen LogP contribution in [0.5, 0.6) is 0 Å². The van der Waals surface area contributed by atoms with Gasteiger partial charge in [0.1, 0.15) is 0 Å².